The Kier molecular flexibility index (Phi) is 10.5. The van der Waals surface area contributed by atoms with Gasteiger partial charge in [-0.05, 0) is 47.9 Å². The molecule has 3 aromatic carbocycles. The van der Waals surface area contributed by atoms with Crippen molar-refractivity contribution in [3.63, 3.8) is 0 Å². The Balaban J connectivity index is 0.000000268. The average molecular weight is 543 g/mol. The maximum Gasteiger partial charge on any atom is 0.534 e. The van der Waals surface area contributed by atoms with Gasteiger partial charge in [0.05, 0.1) is 13.1 Å². The highest BCUT2D eigenvalue weighted by Gasteiger charge is 2.48. The second kappa shape index (κ2) is 13.1. The fraction of sp³-hybridized carbons (Fsp3) is 0.310. The molecule has 200 valence electrons. The largest absolute Gasteiger partial charge is 0.534 e. The van der Waals surface area contributed by atoms with Gasteiger partial charge in [-0.1, -0.05) is 93.4 Å². The number of rotatable bonds is 7. The molecule has 0 aromatic heterocycles. The van der Waals surface area contributed by atoms with Gasteiger partial charge in [-0.15, -0.1) is 0 Å². The summed E-state index contributed by atoms with van der Waals surface area (Å²) in [7, 11) is -5.76. The summed E-state index contributed by atoms with van der Waals surface area (Å²) in [6, 6.07) is 20.2. The summed E-state index contributed by atoms with van der Waals surface area (Å²) in [5.74, 6) is 0.287. The lowest BCUT2D eigenvalue weighted by Gasteiger charge is -2.12. The van der Waals surface area contributed by atoms with E-state index in [-0.39, 0.29) is 5.69 Å². The molecule has 38 heavy (non-hydrogen) atoms. The van der Waals surface area contributed by atoms with Crippen LogP contribution >= 0.6 is 0 Å². The minimum absolute atomic E-state index is 0.268. The van der Waals surface area contributed by atoms with Crippen LogP contribution in [0.25, 0.3) is 20.8 Å². The second-order valence-electron chi connectivity index (χ2n) is 9.42. The molecule has 0 heterocycles. The molecule has 0 atom stereocenters. The van der Waals surface area contributed by atoms with Crippen molar-refractivity contribution in [1.82, 2.24) is 0 Å². The van der Waals surface area contributed by atoms with Crippen molar-refractivity contribution in [2.24, 2.45) is 11.8 Å². The maximum atomic E-state index is 12.2. The predicted molar refractivity (Wildman–Crippen MR) is 144 cm³/mol. The summed E-state index contributed by atoms with van der Waals surface area (Å²) >= 11 is 0. The van der Waals surface area contributed by atoms with Gasteiger partial charge < -0.3 is 4.18 Å². The molecule has 3 rings (SSSR count). The van der Waals surface area contributed by atoms with Gasteiger partial charge >= 0.3 is 15.6 Å². The lowest BCUT2D eigenvalue weighted by molar-refractivity contribution is -0.0499. The molecule has 0 N–H and O–H groups in total. The van der Waals surface area contributed by atoms with Gasteiger partial charge in [-0.2, -0.15) is 21.6 Å². The summed E-state index contributed by atoms with van der Waals surface area (Å²) in [6.07, 6.45) is 1.65. The van der Waals surface area contributed by atoms with Gasteiger partial charge in [0.2, 0.25) is 5.69 Å². The van der Waals surface area contributed by atoms with Crippen molar-refractivity contribution in [2.45, 2.75) is 46.0 Å². The SMILES string of the molecule is [C-]#[N+]c1cc(CC(C)C)ccc1-c1ccccc1.[C-]#[N+]c1cc(CC(C)C)ccc1OS(=O)(=O)C(F)(F)F. The van der Waals surface area contributed by atoms with E-state index in [0.717, 1.165) is 34.9 Å². The summed E-state index contributed by atoms with van der Waals surface area (Å²) in [5, 5.41) is 0. The molecule has 0 aliphatic rings. The molecule has 0 spiro atoms. The van der Waals surface area contributed by atoms with Gasteiger partial charge in [0.25, 0.3) is 0 Å². The number of nitrogens with zero attached hydrogens (tertiary/aromatic N) is 2. The molecule has 9 heteroatoms. The van der Waals surface area contributed by atoms with Gasteiger partial charge in [0.15, 0.2) is 5.69 Å². The zero-order valence-electron chi connectivity index (χ0n) is 21.6. The van der Waals surface area contributed by atoms with E-state index in [1.807, 2.05) is 50.2 Å². The zero-order valence-corrected chi connectivity index (χ0v) is 22.4. The Morgan fingerprint density at radius 2 is 1.29 bits per heavy atom. The first-order valence-corrected chi connectivity index (χ1v) is 13.2. The van der Waals surface area contributed by atoms with E-state index in [9.17, 15) is 21.6 Å². The van der Waals surface area contributed by atoms with Gasteiger partial charge in [-0.3, -0.25) is 0 Å². The van der Waals surface area contributed by atoms with Crippen molar-refractivity contribution in [2.75, 3.05) is 0 Å². The summed E-state index contributed by atoms with van der Waals surface area (Å²) in [5.41, 5.74) is -0.936. The van der Waals surface area contributed by atoms with Crippen LogP contribution < -0.4 is 4.18 Å². The molecule has 5 nitrogen and oxygen atoms in total. The van der Waals surface area contributed by atoms with Crippen molar-refractivity contribution in [3.8, 4) is 16.9 Å². The maximum absolute atomic E-state index is 12.2. The topological polar surface area (TPSA) is 52.1 Å². The van der Waals surface area contributed by atoms with Gasteiger partial charge in [0.1, 0.15) is 5.75 Å². The Hall–Kier alpha value is -3.82. The van der Waals surface area contributed by atoms with E-state index in [4.69, 9.17) is 13.1 Å². The van der Waals surface area contributed by atoms with Crippen LogP contribution in [-0.4, -0.2) is 13.9 Å². The number of benzene rings is 3. The molecule has 0 aliphatic heterocycles. The minimum Gasteiger partial charge on any atom is -0.388 e. The molecule has 0 amide bonds. The smallest absolute Gasteiger partial charge is 0.388 e. The standard InChI is InChI=1S/C17H17N.C12H12F3NO3S/c1-13(2)11-14-9-10-16(17(12-14)18-3)15-7-5-4-6-8-15;1-8(2)6-9-4-5-11(10(7-9)16-3)19-20(17,18)12(13,14)15/h4-10,12-13H,11H2,1-2H3;4-5,7-8H,6H2,1-2H3. The number of halogens is 3. The molecule has 0 radical (unpaired) electrons. The third-order valence-electron chi connectivity index (χ3n) is 5.18. The van der Waals surface area contributed by atoms with Crippen LogP contribution in [-0.2, 0) is 23.0 Å². The van der Waals surface area contributed by atoms with Crippen LogP contribution in [0, 0.1) is 25.0 Å². The quantitative estimate of drug-likeness (QED) is 0.170. The monoisotopic (exact) mass is 542 g/mol. The molecule has 0 saturated heterocycles. The molecule has 0 saturated carbocycles. The van der Waals surface area contributed by atoms with Gasteiger partial charge in [-0.25, -0.2) is 9.69 Å². The van der Waals surface area contributed by atoms with Crippen molar-refractivity contribution < 1.29 is 25.8 Å². The first-order chi connectivity index (χ1) is 17.8. The molecule has 0 bridgehead atoms. The van der Waals surface area contributed by atoms with Crippen LogP contribution in [0.1, 0.15) is 38.8 Å². The first-order valence-electron chi connectivity index (χ1n) is 11.8. The predicted octanol–water partition coefficient (Wildman–Crippen LogP) is 8.77. The van der Waals surface area contributed by atoms with Crippen molar-refractivity contribution in [3.05, 3.63) is 101 Å². The third-order valence-corrected chi connectivity index (χ3v) is 6.15. The van der Waals surface area contributed by atoms with Crippen molar-refractivity contribution in [1.29, 1.82) is 0 Å². The lowest BCUT2D eigenvalue weighted by atomic mass is 9.97. The molecule has 0 aliphatic carbocycles. The van der Waals surface area contributed by atoms with Crippen LogP contribution in [0.5, 0.6) is 5.75 Å². The van der Waals surface area contributed by atoms with Crippen molar-refractivity contribution >= 4 is 21.5 Å². The van der Waals surface area contributed by atoms with Gasteiger partial charge in [0, 0.05) is 0 Å². The van der Waals surface area contributed by atoms with E-state index in [0.29, 0.717) is 18.3 Å². The van der Waals surface area contributed by atoms with Crippen LogP contribution in [0.3, 0.4) is 0 Å². The summed E-state index contributed by atoms with van der Waals surface area (Å²) in [4.78, 5) is 6.66. The lowest BCUT2D eigenvalue weighted by Crippen LogP contribution is -2.28. The summed E-state index contributed by atoms with van der Waals surface area (Å²) in [6.45, 7) is 22.5. The fourth-order valence-corrected chi connectivity index (χ4v) is 4.09. The minimum atomic E-state index is -5.76. The van der Waals surface area contributed by atoms with E-state index in [2.05, 4.69) is 39.9 Å². The third kappa shape index (κ3) is 8.64. The average Bonchev–Trinajstić information content (AvgIpc) is 2.84. The molecule has 3 aromatic rings. The Labute approximate surface area is 222 Å². The zero-order chi connectivity index (χ0) is 28.5. The first kappa shape index (κ1) is 30.4. The molecular weight excluding hydrogens is 513 g/mol. The van der Waals surface area contributed by atoms with Crippen LogP contribution in [0.4, 0.5) is 24.5 Å². The van der Waals surface area contributed by atoms with E-state index >= 15 is 0 Å². The Morgan fingerprint density at radius 1 is 0.789 bits per heavy atom. The number of hydrogen-bond donors (Lipinski definition) is 0. The fourth-order valence-electron chi connectivity index (χ4n) is 3.61. The highest BCUT2D eigenvalue weighted by molar-refractivity contribution is 7.88. The summed E-state index contributed by atoms with van der Waals surface area (Å²) < 4.78 is 62.4. The molecule has 0 fully saturated rings. The molecular formula is C29H29F3N2O3S. The number of alkyl halides is 3. The van der Waals surface area contributed by atoms with Crippen LogP contribution in [0.15, 0.2) is 66.7 Å². The molecule has 0 unspecified atom stereocenters. The highest BCUT2D eigenvalue weighted by atomic mass is 32.2. The highest BCUT2D eigenvalue weighted by Crippen LogP contribution is 2.34. The normalized spacial score (nSPS) is 11.3. The van der Waals surface area contributed by atoms with E-state index in [1.165, 1.54) is 17.7 Å². The van der Waals surface area contributed by atoms with E-state index < -0.39 is 21.4 Å². The Morgan fingerprint density at radius 3 is 1.76 bits per heavy atom. The van der Waals surface area contributed by atoms with Crippen LogP contribution in [0.2, 0.25) is 0 Å². The second-order valence-corrected chi connectivity index (χ2v) is 11.0. The van der Waals surface area contributed by atoms with E-state index in [1.54, 1.807) is 0 Å². The Bertz CT molecular complexity index is 1420. The number of hydrogen-bond acceptors (Lipinski definition) is 3.